The lowest BCUT2D eigenvalue weighted by molar-refractivity contribution is 0.275. The maximum Gasteiger partial charge on any atom is 0.156 e. The lowest BCUT2D eigenvalue weighted by Gasteiger charge is -2.22. The Kier molecular flexibility index (Phi) is 3.23. The Morgan fingerprint density at radius 3 is 3.27 bits per heavy atom. The van der Waals surface area contributed by atoms with Gasteiger partial charge in [0.05, 0.1) is 6.04 Å². The topological polar surface area (TPSA) is 61.9 Å². The van der Waals surface area contributed by atoms with E-state index in [0.29, 0.717) is 5.84 Å². The highest BCUT2D eigenvalue weighted by Gasteiger charge is 2.27. The lowest BCUT2D eigenvalue weighted by atomic mass is 10.2. The fraction of sp³-hybridized carbons (Fsp3) is 0.500. The monoisotopic (exact) mass is 225 g/mol. The van der Waals surface area contributed by atoms with Gasteiger partial charge in [-0.15, -0.1) is 0 Å². The molecule has 1 aromatic rings. The van der Waals surface area contributed by atoms with E-state index in [9.17, 15) is 0 Å². The fourth-order valence-electron chi connectivity index (χ4n) is 2.03. The van der Waals surface area contributed by atoms with Crippen molar-refractivity contribution in [3.8, 4) is 0 Å². The summed E-state index contributed by atoms with van der Waals surface area (Å²) in [6.07, 6.45) is 2.10. The van der Waals surface area contributed by atoms with Gasteiger partial charge in [-0.1, -0.05) is 5.16 Å². The standard InChI is InChI=1S/C10H15N3OS/c11-10(12-14)9-2-1-4-13(9)6-8-3-5-15-7-8/h3,5,7,9,14H,1-2,4,6H2,(H2,11,12). The van der Waals surface area contributed by atoms with E-state index in [0.717, 1.165) is 25.9 Å². The number of nitrogens with two attached hydrogens (primary N) is 1. The van der Waals surface area contributed by atoms with Crippen molar-refractivity contribution < 1.29 is 5.21 Å². The predicted molar refractivity (Wildman–Crippen MR) is 61.2 cm³/mol. The Morgan fingerprint density at radius 1 is 1.73 bits per heavy atom. The lowest BCUT2D eigenvalue weighted by Crippen LogP contribution is -2.39. The quantitative estimate of drug-likeness (QED) is 0.354. The molecule has 5 heteroatoms. The number of nitrogens with zero attached hydrogens (tertiary/aromatic N) is 2. The van der Waals surface area contributed by atoms with Crippen molar-refractivity contribution in [2.24, 2.45) is 10.9 Å². The smallest absolute Gasteiger partial charge is 0.156 e. The van der Waals surface area contributed by atoms with E-state index in [2.05, 4.69) is 26.9 Å². The molecule has 1 saturated heterocycles. The molecule has 2 heterocycles. The van der Waals surface area contributed by atoms with Crippen LogP contribution in [0.5, 0.6) is 0 Å². The van der Waals surface area contributed by atoms with E-state index in [1.165, 1.54) is 5.56 Å². The predicted octanol–water partition coefficient (Wildman–Crippen LogP) is 1.46. The largest absolute Gasteiger partial charge is 0.409 e. The van der Waals surface area contributed by atoms with Crippen LogP contribution in [-0.2, 0) is 6.54 Å². The second-order valence-corrected chi connectivity index (χ2v) is 4.56. The van der Waals surface area contributed by atoms with Gasteiger partial charge in [-0.2, -0.15) is 11.3 Å². The molecule has 0 amide bonds. The summed E-state index contributed by atoms with van der Waals surface area (Å²) in [4.78, 5) is 2.26. The molecule has 2 rings (SSSR count). The minimum absolute atomic E-state index is 0.106. The number of thiophene rings is 1. The molecule has 1 fully saturated rings. The molecule has 1 aromatic heterocycles. The molecule has 1 atom stereocenters. The zero-order valence-corrected chi connectivity index (χ0v) is 9.28. The van der Waals surface area contributed by atoms with Crippen LogP contribution in [-0.4, -0.2) is 28.5 Å². The zero-order valence-electron chi connectivity index (χ0n) is 8.47. The van der Waals surface area contributed by atoms with Crippen LogP contribution in [0.1, 0.15) is 18.4 Å². The van der Waals surface area contributed by atoms with Crippen LogP contribution in [0.2, 0.25) is 0 Å². The van der Waals surface area contributed by atoms with Gasteiger partial charge in [0.2, 0.25) is 0 Å². The maximum atomic E-state index is 8.68. The van der Waals surface area contributed by atoms with Crippen LogP contribution >= 0.6 is 11.3 Å². The van der Waals surface area contributed by atoms with Crippen LogP contribution in [0.4, 0.5) is 0 Å². The molecule has 1 aliphatic rings. The number of likely N-dealkylation sites (tertiary alicyclic amines) is 1. The first-order valence-corrected chi connectivity index (χ1v) is 5.98. The Labute approximate surface area is 93.0 Å². The van der Waals surface area contributed by atoms with E-state index in [4.69, 9.17) is 10.9 Å². The van der Waals surface area contributed by atoms with Crippen LogP contribution < -0.4 is 5.73 Å². The minimum atomic E-state index is 0.106. The Bertz CT molecular complexity index is 336. The summed E-state index contributed by atoms with van der Waals surface area (Å²) in [7, 11) is 0. The molecule has 4 nitrogen and oxygen atoms in total. The van der Waals surface area contributed by atoms with Gasteiger partial charge in [0.15, 0.2) is 5.84 Å². The average Bonchev–Trinajstić information content (AvgIpc) is 2.88. The third-order valence-electron chi connectivity index (χ3n) is 2.79. The molecule has 0 spiro atoms. The van der Waals surface area contributed by atoms with Gasteiger partial charge in [-0.3, -0.25) is 4.90 Å². The van der Waals surface area contributed by atoms with Gasteiger partial charge < -0.3 is 10.9 Å². The summed E-state index contributed by atoms with van der Waals surface area (Å²) < 4.78 is 0. The van der Waals surface area contributed by atoms with Gasteiger partial charge in [0, 0.05) is 6.54 Å². The Hall–Kier alpha value is -1.07. The normalized spacial score (nSPS) is 23.5. The summed E-state index contributed by atoms with van der Waals surface area (Å²) in [6.45, 7) is 1.92. The highest BCUT2D eigenvalue weighted by atomic mass is 32.1. The van der Waals surface area contributed by atoms with Crippen molar-refractivity contribution in [1.29, 1.82) is 0 Å². The Morgan fingerprint density at radius 2 is 2.60 bits per heavy atom. The van der Waals surface area contributed by atoms with Crippen molar-refractivity contribution in [2.45, 2.75) is 25.4 Å². The van der Waals surface area contributed by atoms with Crippen molar-refractivity contribution in [1.82, 2.24) is 4.90 Å². The van der Waals surface area contributed by atoms with E-state index >= 15 is 0 Å². The summed E-state index contributed by atoms with van der Waals surface area (Å²) in [5.41, 5.74) is 6.96. The molecule has 0 saturated carbocycles. The highest BCUT2D eigenvalue weighted by molar-refractivity contribution is 7.07. The maximum absolute atomic E-state index is 8.68. The van der Waals surface area contributed by atoms with E-state index in [-0.39, 0.29) is 6.04 Å². The Balaban J connectivity index is 2.02. The second kappa shape index (κ2) is 4.63. The molecular weight excluding hydrogens is 210 g/mol. The van der Waals surface area contributed by atoms with Crippen LogP contribution in [0.15, 0.2) is 22.0 Å². The number of hydrogen-bond acceptors (Lipinski definition) is 4. The number of rotatable bonds is 3. The minimum Gasteiger partial charge on any atom is -0.409 e. The highest BCUT2D eigenvalue weighted by Crippen LogP contribution is 2.20. The molecule has 0 aromatic carbocycles. The fourth-order valence-corrected chi connectivity index (χ4v) is 2.69. The first-order valence-electron chi connectivity index (χ1n) is 5.04. The third kappa shape index (κ3) is 2.30. The van der Waals surface area contributed by atoms with Gasteiger partial charge >= 0.3 is 0 Å². The van der Waals surface area contributed by atoms with Crippen molar-refractivity contribution in [3.63, 3.8) is 0 Å². The molecule has 3 N–H and O–H groups in total. The number of amidine groups is 1. The van der Waals surface area contributed by atoms with Gasteiger partial charge in [-0.05, 0) is 41.8 Å². The van der Waals surface area contributed by atoms with Crippen molar-refractivity contribution in [2.75, 3.05) is 6.54 Å². The van der Waals surface area contributed by atoms with E-state index in [1.807, 2.05) is 0 Å². The molecule has 1 aliphatic heterocycles. The van der Waals surface area contributed by atoms with E-state index < -0.39 is 0 Å². The molecule has 15 heavy (non-hydrogen) atoms. The first-order chi connectivity index (χ1) is 7.31. The van der Waals surface area contributed by atoms with Crippen LogP contribution in [0, 0.1) is 0 Å². The molecular formula is C10H15N3OS. The van der Waals surface area contributed by atoms with Gasteiger partial charge in [0.25, 0.3) is 0 Å². The molecule has 1 unspecified atom stereocenters. The number of oxime groups is 1. The summed E-state index contributed by atoms with van der Waals surface area (Å²) in [6, 6.07) is 2.22. The van der Waals surface area contributed by atoms with Gasteiger partial charge in [0.1, 0.15) is 0 Å². The SMILES string of the molecule is NC(=NO)C1CCCN1Cc1ccsc1. The molecule has 0 aliphatic carbocycles. The van der Waals surface area contributed by atoms with E-state index in [1.54, 1.807) is 11.3 Å². The average molecular weight is 225 g/mol. The van der Waals surface area contributed by atoms with Gasteiger partial charge in [-0.25, -0.2) is 0 Å². The third-order valence-corrected chi connectivity index (χ3v) is 3.52. The molecule has 0 bridgehead atoms. The van der Waals surface area contributed by atoms with Crippen molar-refractivity contribution in [3.05, 3.63) is 22.4 Å². The first kappa shape index (κ1) is 10.4. The molecule has 82 valence electrons. The van der Waals surface area contributed by atoms with Crippen molar-refractivity contribution >= 4 is 17.2 Å². The number of hydrogen-bond donors (Lipinski definition) is 2. The van der Waals surface area contributed by atoms with Crippen LogP contribution in [0.25, 0.3) is 0 Å². The zero-order chi connectivity index (χ0) is 10.7. The van der Waals surface area contributed by atoms with Crippen LogP contribution in [0.3, 0.4) is 0 Å². The summed E-state index contributed by atoms with van der Waals surface area (Å²) in [5.74, 6) is 0.336. The second-order valence-electron chi connectivity index (χ2n) is 3.78. The molecule has 0 radical (unpaired) electrons. The summed E-state index contributed by atoms with van der Waals surface area (Å²) >= 11 is 1.70. The summed E-state index contributed by atoms with van der Waals surface area (Å²) in [5, 5.41) is 16.0.